The molecule has 2 N–H and O–H groups in total. The fourth-order valence-electron chi connectivity index (χ4n) is 2.12. The van der Waals surface area contributed by atoms with Crippen molar-refractivity contribution >= 4 is 23.1 Å². The first-order chi connectivity index (χ1) is 9.06. The maximum atomic E-state index is 6.19. The predicted octanol–water partition coefficient (Wildman–Crippen LogP) is 3.85. The van der Waals surface area contributed by atoms with E-state index in [1.165, 1.54) is 0 Å². The summed E-state index contributed by atoms with van der Waals surface area (Å²) in [6, 6.07) is 9.86. The van der Waals surface area contributed by atoms with E-state index < -0.39 is 0 Å². The van der Waals surface area contributed by atoms with E-state index in [9.17, 15) is 0 Å². The van der Waals surface area contributed by atoms with Gasteiger partial charge in [-0.15, -0.1) is 0 Å². The van der Waals surface area contributed by atoms with Crippen LogP contribution in [0.3, 0.4) is 0 Å². The van der Waals surface area contributed by atoms with Crippen molar-refractivity contribution in [2.75, 3.05) is 5.73 Å². The largest absolute Gasteiger partial charge is 0.383 e. The van der Waals surface area contributed by atoms with Crippen LogP contribution < -0.4 is 5.73 Å². The molecule has 1 aromatic carbocycles. The monoisotopic (exact) mass is 271 g/mol. The van der Waals surface area contributed by atoms with Crippen molar-refractivity contribution in [3.05, 3.63) is 52.7 Å². The van der Waals surface area contributed by atoms with Gasteiger partial charge in [0.1, 0.15) is 17.2 Å². The second-order valence-electron chi connectivity index (χ2n) is 4.74. The van der Waals surface area contributed by atoms with Gasteiger partial charge in [0.15, 0.2) is 0 Å². The molecule has 0 fully saturated rings. The Labute approximate surface area is 116 Å². The highest BCUT2D eigenvalue weighted by Crippen LogP contribution is 2.29. The van der Waals surface area contributed by atoms with Crippen LogP contribution in [0, 0.1) is 13.8 Å². The zero-order valence-corrected chi connectivity index (χ0v) is 11.6. The molecule has 0 saturated carbocycles. The highest BCUT2D eigenvalue weighted by atomic mass is 35.5. The summed E-state index contributed by atoms with van der Waals surface area (Å²) in [5.74, 6) is 0.638. The lowest BCUT2D eigenvalue weighted by Crippen LogP contribution is -1.94. The molecule has 0 saturated heterocycles. The molecule has 19 heavy (non-hydrogen) atoms. The summed E-state index contributed by atoms with van der Waals surface area (Å²) < 4.78 is 1.90. The minimum absolute atomic E-state index is 0.638. The van der Waals surface area contributed by atoms with E-state index in [1.54, 1.807) is 0 Å². The Hall–Kier alpha value is -2.00. The van der Waals surface area contributed by atoms with Gasteiger partial charge in [0.2, 0.25) is 0 Å². The normalized spacial score (nSPS) is 11.1. The average molecular weight is 272 g/mol. The van der Waals surface area contributed by atoms with Crippen LogP contribution in [0.25, 0.3) is 16.9 Å². The molecule has 96 valence electrons. The second-order valence-corrected chi connectivity index (χ2v) is 5.15. The molecule has 4 heteroatoms. The van der Waals surface area contributed by atoms with Gasteiger partial charge < -0.3 is 5.73 Å². The summed E-state index contributed by atoms with van der Waals surface area (Å²) in [5.41, 5.74) is 10.9. The first kappa shape index (κ1) is 12.1. The average Bonchev–Trinajstić information content (AvgIpc) is 2.70. The van der Waals surface area contributed by atoms with Crippen LogP contribution in [0.4, 0.5) is 5.82 Å². The van der Waals surface area contributed by atoms with Gasteiger partial charge in [0.05, 0.1) is 0 Å². The van der Waals surface area contributed by atoms with Gasteiger partial charge in [-0.3, -0.25) is 4.40 Å². The number of halogens is 1. The summed E-state index contributed by atoms with van der Waals surface area (Å²) in [7, 11) is 0. The molecule has 0 unspecified atom stereocenters. The number of anilines is 1. The topological polar surface area (TPSA) is 43.3 Å². The van der Waals surface area contributed by atoms with Gasteiger partial charge in [-0.25, -0.2) is 4.98 Å². The maximum absolute atomic E-state index is 6.19. The van der Waals surface area contributed by atoms with E-state index >= 15 is 0 Å². The van der Waals surface area contributed by atoms with Crippen molar-refractivity contribution < 1.29 is 0 Å². The number of nitrogen functional groups attached to an aromatic ring is 1. The number of aromatic nitrogens is 2. The minimum atomic E-state index is 0.638. The van der Waals surface area contributed by atoms with Gasteiger partial charge in [0, 0.05) is 16.8 Å². The van der Waals surface area contributed by atoms with Crippen LogP contribution in [0.2, 0.25) is 5.02 Å². The van der Waals surface area contributed by atoms with Crippen LogP contribution in [0.15, 0.2) is 36.5 Å². The second kappa shape index (κ2) is 4.28. The Morgan fingerprint density at radius 1 is 1.16 bits per heavy atom. The smallest absolute Gasteiger partial charge is 0.139 e. The number of imidazole rings is 1. The Balaban J connectivity index is 2.24. The lowest BCUT2D eigenvalue weighted by atomic mass is 10.1. The zero-order chi connectivity index (χ0) is 13.6. The third kappa shape index (κ3) is 1.96. The lowest BCUT2D eigenvalue weighted by molar-refractivity contribution is 1.16. The summed E-state index contributed by atoms with van der Waals surface area (Å²) in [5, 5.41) is 0.727. The summed E-state index contributed by atoms with van der Waals surface area (Å²) in [4.78, 5) is 4.57. The number of hydrogen-bond acceptors (Lipinski definition) is 2. The van der Waals surface area contributed by atoms with Gasteiger partial charge in [-0.2, -0.15) is 0 Å². The fourth-order valence-corrected chi connectivity index (χ4v) is 2.30. The molecule has 0 bridgehead atoms. The number of nitrogens with zero attached hydrogens (tertiary/aromatic N) is 2. The first-order valence-corrected chi connectivity index (χ1v) is 6.45. The fraction of sp³-hybridized carbons (Fsp3) is 0.133. The van der Waals surface area contributed by atoms with Gasteiger partial charge in [-0.05, 0) is 37.1 Å². The third-order valence-corrected chi connectivity index (χ3v) is 3.66. The van der Waals surface area contributed by atoms with Crippen LogP contribution in [0.1, 0.15) is 11.1 Å². The van der Waals surface area contributed by atoms with E-state index in [1.807, 2.05) is 54.8 Å². The Morgan fingerprint density at radius 2 is 1.95 bits per heavy atom. The molecule has 0 aliphatic heterocycles. The number of fused-ring (bicyclic) bond motifs is 1. The van der Waals surface area contributed by atoms with E-state index in [4.69, 9.17) is 17.3 Å². The predicted molar refractivity (Wildman–Crippen MR) is 79.5 cm³/mol. The lowest BCUT2D eigenvalue weighted by Gasteiger charge is -2.02. The van der Waals surface area contributed by atoms with Crippen molar-refractivity contribution in [1.29, 1.82) is 0 Å². The molecule has 0 radical (unpaired) electrons. The number of aryl methyl sites for hydroxylation is 2. The quantitative estimate of drug-likeness (QED) is 0.730. The summed E-state index contributed by atoms with van der Waals surface area (Å²) >= 11 is 6.16. The highest BCUT2D eigenvalue weighted by Gasteiger charge is 2.12. The van der Waals surface area contributed by atoms with E-state index in [0.29, 0.717) is 5.82 Å². The molecule has 0 aliphatic carbocycles. The van der Waals surface area contributed by atoms with Crippen molar-refractivity contribution in [3.8, 4) is 11.3 Å². The third-order valence-electron chi connectivity index (χ3n) is 3.25. The molecule has 0 aliphatic rings. The van der Waals surface area contributed by atoms with Crippen molar-refractivity contribution in [2.24, 2.45) is 0 Å². The van der Waals surface area contributed by atoms with Crippen LogP contribution in [0.5, 0.6) is 0 Å². The van der Waals surface area contributed by atoms with Gasteiger partial charge in [0.25, 0.3) is 0 Å². The summed E-state index contributed by atoms with van der Waals surface area (Å²) in [6.45, 7) is 4.00. The van der Waals surface area contributed by atoms with Crippen LogP contribution >= 0.6 is 11.6 Å². The first-order valence-electron chi connectivity index (χ1n) is 6.07. The SMILES string of the molecule is Cc1ccc2nc(-c3ccc(C)c(Cl)c3)c(N)n2c1. The van der Waals surface area contributed by atoms with Crippen LogP contribution in [-0.4, -0.2) is 9.38 Å². The zero-order valence-electron chi connectivity index (χ0n) is 10.8. The Bertz CT molecular complexity index is 774. The minimum Gasteiger partial charge on any atom is -0.383 e. The van der Waals surface area contributed by atoms with E-state index in [-0.39, 0.29) is 0 Å². The standard InChI is InChI=1S/C15H14ClN3/c1-9-3-6-13-18-14(15(17)19(13)8-9)11-5-4-10(2)12(16)7-11/h3-8H,17H2,1-2H3. The highest BCUT2D eigenvalue weighted by molar-refractivity contribution is 6.31. The molecular weight excluding hydrogens is 258 g/mol. The molecule has 0 amide bonds. The molecule has 2 heterocycles. The summed E-state index contributed by atoms with van der Waals surface area (Å²) in [6.07, 6.45) is 1.98. The van der Waals surface area contributed by atoms with Gasteiger partial charge in [-0.1, -0.05) is 29.8 Å². The van der Waals surface area contributed by atoms with Crippen LogP contribution in [-0.2, 0) is 0 Å². The molecule has 2 aromatic heterocycles. The van der Waals surface area contributed by atoms with Crippen molar-refractivity contribution in [2.45, 2.75) is 13.8 Å². The number of rotatable bonds is 1. The maximum Gasteiger partial charge on any atom is 0.139 e. The molecule has 0 spiro atoms. The molecule has 3 nitrogen and oxygen atoms in total. The molecule has 0 atom stereocenters. The van der Waals surface area contributed by atoms with Crippen molar-refractivity contribution in [3.63, 3.8) is 0 Å². The molecule has 3 rings (SSSR count). The number of nitrogens with two attached hydrogens (primary N) is 1. The molecule has 3 aromatic rings. The number of benzene rings is 1. The van der Waals surface area contributed by atoms with Crippen molar-refractivity contribution in [1.82, 2.24) is 9.38 Å². The Morgan fingerprint density at radius 3 is 2.68 bits per heavy atom. The number of pyridine rings is 1. The number of hydrogen-bond donors (Lipinski definition) is 1. The van der Waals surface area contributed by atoms with Gasteiger partial charge >= 0.3 is 0 Å². The van der Waals surface area contributed by atoms with E-state index in [0.717, 1.165) is 33.1 Å². The molecular formula is C15H14ClN3. The Kier molecular flexibility index (Phi) is 2.72. The van der Waals surface area contributed by atoms with E-state index in [2.05, 4.69) is 4.98 Å².